The van der Waals surface area contributed by atoms with E-state index in [1.165, 1.54) is 0 Å². The van der Waals surface area contributed by atoms with Crippen LogP contribution in [0.4, 0.5) is 0 Å². The molecule has 2 aliphatic heterocycles. The number of hydrogen-bond donors (Lipinski definition) is 1. The number of hydrogen-bond acceptors (Lipinski definition) is 7. The van der Waals surface area contributed by atoms with E-state index in [2.05, 4.69) is 11.8 Å². The molecule has 3 aromatic carbocycles. The topological polar surface area (TPSA) is 88.5 Å². The Morgan fingerprint density at radius 1 is 0.886 bits per heavy atom. The highest BCUT2D eigenvalue weighted by Gasteiger charge is 2.45. The molecule has 1 N–H and O–H groups in total. The quantitative estimate of drug-likeness (QED) is 0.114. The number of likely N-dealkylation sites (tertiary alicyclic amines) is 1. The van der Waals surface area contributed by atoms with Crippen LogP contribution in [0.2, 0.25) is 0 Å². The minimum absolute atomic E-state index is 0.0922. The third-order valence-corrected chi connectivity index (χ3v) is 8.26. The van der Waals surface area contributed by atoms with Gasteiger partial charge in [-0.15, -0.1) is 0 Å². The molecule has 44 heavy (non-hydrogen) atoms. The van der Waals surface area contributed by atoms with Gasteiger partial charge in [0.15, 0.2) is 0 Å². The number of Topliss-reactive ketones (excluding diaryl/α,β-unsaturated/α-hetero) is 1. The Labute approximate surface area is 259 Å². The first kappa shape index (κ1) is 31.3. The minimum atomic E-state index is -0.707. The number of aliphatic hydroxyl groups excluding tert-OH is 1. The second-order valence-corrected chi connectivity index (χ2v) is 11.3. The molecule has 0 spiro atoms. The second-order valence-electron chi connectivity index (χ2n) is 11.3. The molecule has 2 saturated heterocycles. The number of carbonyl (C=O) groups is 2. The molecule has 0 radical (unpaired) electrons. The van der Waals surface area contributed by atoms with Crippen molar-refractivity contribution in [3.8, 4) is 11.5 Å². The van der Waals surface area contributed by atoms with Gasteiger partial charge >= 0.3 is 0 Å². The molecule has 2 fully saturated rings. The molecule has 0 saturated carbocycles. The van der Waals surface area contributed by atoms with E-state index in [4.69, 9.17) is 14.2 Å². The number of carbonyl (C=O) groups excluding carboxylic acids is 2. The standard InChI is InChI=1S/C36H42N2O6/c1-3-4-22-43-30-14-10-27(11-15-30)33-32(35(40)36(41)38(33)19-7-18-37-20-23-42-24-21-37)34(39)28-12-16-31(17-13-28)44-25-29-9-6-5-8-26(29)2/h5-6,8-17,33,39H,3-4,7,18-25H2,1-2H3/b34-32+. The van der Waals surface area contributed by atoms with E-state index < -0.39 is 17.7 Å². The average Bonchev–Trinajstić information content (AvgIpc) is 3.30. The Kier molecular flexibility index (Phi) is 10.7. The number of ether oxygens (including phenoxy) is 3. The fraction of sp³-hybridized carbons (Fsp3) is 0.389. The normalized spacial score (nSPS) is 18.5. The van der Waals surface area contributed by atoms with Gasteiger partial charge in [-0.3, -0.25) is 14.5 Å². The highest BCUT2D eigenvalue weighted by atomic mass is 16.5. The van der Waals surface area contributed by atoms with Crippen LogP contribution < -0.4 is 9.47 Å². The Morgan fingerprint density at radius 3 is 2.27 bits per heavy atom. The van der Waals surface area contributed by atoms with Crippen molar-refractivity contribution in [2.75, 3.05) is 46.0 Å². The Bertz CT molecular complexity index is 1440. The molecule has 0 aromatic heterocycles. The lowest BCUT2D eigenvalue weighted by Crippen LogP contribution is -2.38. The zero-order valence-electron chi connectivity index (χ0n) is 25.7. The van der Waals surface area contributed by atoms with Crippen molar-refractivity contribution in [2.45, 2.75) is 45.8 Å². The Hall–Kier alpha value is -4.14. The van der Waals surface area contributed by atoms with Gasteiger partial charge in [0.2, 0.25) is 0 Å². The molecule has 1 amide bonds. The van der Waals surface area contributed by atoms with Crippen molar-refractivity contribution < 1.29 is 28.9 Å². The smallest absolute Gasteiger partial charge is 0.295 e. The van der Waals surface area contributed by atoms with Crippen LogP contribution in [0.25, 0.3) is 5.76 Å². The third-order valence-electron chi connectivity index (χ3n) is 8.26. The first-order chi connectivity index (χ1) is 21.5. The maximum Gasteiger partial charge on any atom is 0.295 e. The number of nitrogens with zero attached hydrogens (tertiary/aromatic N) is 2. The lowest BCUT2D eigenvalue weighted by molar-refractivity contribution is -0.140. The number of rotatable bonds is 13. The van der Waals surface area contributed by atoms with Crippen molar-refractivity contribution >= 4 is 17.4 Å². The number of ketones is 1. The molecule has 0 aliphatic carbocycles. The molecule has 8 heteroatoms. The van der Waals surface area contributed by atoms with Crippen molar-refractivity contribution in [3.05, 3.63) is 101 Å². The monoisotopic (exact) mass is 598 g/mol. The van der Waals surface area contributed by atoms with Crippen LogP contribution in [-0.4, -0.2) is 72.6 Å². The number of morpholine rings is 1. The number of benzene rings is 3. The van der Waals surface area contributed by atoms with E-state index in [0.29, 0.717) is 50.7 Å². The molecule has 1 atom stereocenters. The SMILES string of the molecule is CCCCOc1ccc(C2/C(=C(\O)c3ccc(OCc4ccccc4C)cc3)C(=O)C(=O)N2CCCN2CCOCC2)cc1. The van der Waals surface area contributed by atoms with E-state index in [-0.39, 0.29) is 11.3 Å². The number of unbranched alkanes of at least 4 members (excludes halogenated alkanes) is 1. The van der Waals surface area contributed by atoms with Gasteiger partial charge < -0.3 is 24.2 Å². The molecule has 5 rings (SSSR count). The summed E-state index contributed by atoms with van der Waals surface area (Å²) in [4.78, 5) is 30.8. The van der Waals surface area contributed by atoms with Gasteiger partial charge in [0.25, 0.3) is 11.7 Å². The lowest BCUT2D eigenvalue weighted by Gasteiger charge is -2.29. The zero-order chi connectivity index (χ0) is 30.9. The van der Waals surface area contributed by atoms with E-state index >= 15 is 0 Å². The maximum atomic E-state index is 13.5. The summed E-state index contributed by atoms with van der Waals surface area (Å²) in [6.07, 6.45) is 2.70. The van der Waals surface area contributed by atoms with Gasteiger partial charge in [-0.2, -0.15) is 0 Å². The van der Waals surface area contributed by atoms with Crippen molar-refractivity contribution in [1.82, 2.24) is 9.80 Å². The van der Waals surface area contributed by atoms with Crippen LogP contribution in [0.3, 0.4) is 0 Å². The van der Waals surface area contributed by atoms with Crippen LogP contribution in [0.1, 0.15) is 54.5 Å². The highest BCUT2D eigenvalue weighted by Crippen LogP contribution is 2.40. The predicted molar refractivity (Wildman–Crippen MR) is 170 cm³/mol. The van der Waals surface area contributed by atoms with Crippen LogP contribution in [0, 0.1) is 6.92 Å². The van der Waals surface area contributed by atoms with Gasteiger partial charge in [-0.05, 0) is 72.9 Å². The number of amides is 1. The Balaban J connectivity index is 1.38. The average molecular weight is 599 g/mol. The summed E-state index contributed by atoms with van der Waals surface area (Å²) in [7, 11) is 0. The summed E-state index contributed by atoms with van der Waals surface area (Å²) in [6.45, 7) is 9.50. The maximum absolute atomic E-state index is 13.5. The molecular formula is C36H42N2O6. The Morgan fingerprint density at radius 2 is 1.57 bits per heavy atom. The van der Waals surface area contributed by atoms with Gasteiger partial charge in [0, 0.05) is 31.7 Å². The third kappa shape index (κ3) is 7.49. The number of aliphatic hydroxyl groups is 1. The zero-order valence-corrected chi connectivity index (χ0v) is 25.7. The molecule has 3 aromatic rings. The summed E-state index contributed by atoms with van der Waals surface area (Å²) in [6, 6.07) is 21.8. The minimum Gasteiger partial charge on any atom is -0.507 e. The van der Waals surface area contributed by atoms with E-state index in [0.717, 1.165) is 54.9 Å². The van der Waals surface area contributed by atoms with Gasteiger partial charge in [-0.25, -0.2) is 0 Å². The van der Waals surface area contributed by atoms with E-state index in [1.807, 2.05) is 55.5 Å². The number of aryl methyl sites for hydroxylation is 1. The van der Waals surface area contributed by atoms with Crippen LogP contribution in [0.15, 0.2) is 78.4 Å². The fourth-order valence-electron chi connectivity index (χ4n) is 5.62. The van der Waals surface area contributed by atoms with Crippen LogP contribution in [0.5, 0.6) is 11.5 Å². The molecule has 1 unspecified atom stereocenters. The summed E-state index contributed by atoms with van der Waals surface area (Å²) in [5.41, 5.74) is 3.53. The first-order valence-corrected chi connectivity index (χ1v) is 15.5. The largest absolute Gasteiger partial charge is 0.507 e. The van der Waals surface area contributed by atoms with E-state index in [9.17, 15) is 14.7 Å². The molecule has 232 valence electrons. The van der Waals surface area contributed by atoms with Crippen molar-refractivity contribution in [1.29, 1.82) is 0 Å². The second kappa shape index (κ2) is 15.0. The molecule has 0 bridgehead atoms. The lowest BCUT2D eigenvalue weighted by atomic mass is 9.95. The molecule has 2 heterocycles. The van der Waals surface area contributed by atoms with Crippen molar-refractivity contribution in [3.63, 3.8) is 0 Å². The predicted octanol–water partition coefficient (Wildman–Crippen LogP) is 5.90. The van der Waals surface area contributed by atoms with E-state index in [1.54, 1.807) is 29.2 Å². The van der Waals surface area contributed by atoms with Gasteiger partial charge in [0.05, 0.1) is 31.4 Å². The van der Waals surface area contributed by atoms with Crippen LogP contribution in [-0.2, 0) is 20.9 Å². The summed E-state index contributed by atoms with van der Waals surface area (Å²) >= 11 is 0. The van der Waals surface area contributed by atoms with Crippen molar-refractivity contribution in [2.24, 2.45) is 0 Å². The van der Waals surface area contributed by atoms with Crippen LogP contribution >= 0.6 is 0 Å². The summed E-state index contributed by atoms with van der Waals surface area (Å²) < 4.78 is 17.3. The summed E-state index contributed by atoms with van der Waals surface area (Å²) in [5, 5.41) is 11.5. The molecule has 2 aliphatic rings. The van der Waals surface area contributed by atoms with Gasteiger partial charge in [-0.1, -0.05) is 49.7 Å². The van der Waals surface area contributed by atoms with Gasteiger partial charge in [0.1, 0.15) is 23.9 Å². The first-order valence-electron chi connectivity index (χ1n) is 15.5. The molecular weight excluding hydrogens is 556 g/mol. The fourth-order valence-corrected chi connectivity index (χ4v) is 5.62. The highest BCUT2D eigenvalue weighted by molar-refractivity contribution is 6.46. The summed E-state index contributed by atoms with van der Waals surface area (Å²) in [5.74, 6) is -0.101. The molecule has 8 nitrogen and oxygen atoms in total.